The zero-order valence-corrected chi connectivity index (χ0v) is 27.5. The van der Waals surface area contributed by atoms with Gasteiger partial charge in [-0.2, -0.15) is 0 Å². The molecule has 0 radical (unpaired) electrons. The van der Waals surface area contributed by atoms with Crippen LogP contribution in [0.2, 0.25) is 0 Å². The van der Waals surface area contributed by atoms with Gasteiger partial charge >= 0.3 is 0 Å². The smallest absolute Gasteiger partial charge is 0.269 e. The van der Waals surface area contributed by atoms with Crippen LogP contribution in [0.4, 0.5) is 0 Å². The van der Waals surface area contributed by atoms with Gasteiger partial charge in [0.1, 0.15) is 11.5 Å². The second-order valence-electron chi connectivity index (χ2n) is 13.5. The van der Waals surface area contributed by atoms with E-state index in [2.05, 4.69) is 176 Å². The number of benzene rings is 6. The van der Waals surface area contributed by atoms with Crippen LogP contribution >= 0.6 is 0 Å². The Labute approximate surface area is 275 Å². The van der Waals surface area contributed by atoms with E-state index in [9.17, 15) is 0 Å². The Hall–Kier alpha value is -5.61. The minimum Gasteiger partial charge on any atom is -0.458 e. The van der Waals surface area contributed by atoms with Crippen LogP contribution in [0.5, 0.6) is 11.5 Å². The molecule has 0 aliphatic heterocycles. The van der Waals surface area contributed by atoms with Crippen molar-refractivity contribution in [2.75, 3.05) is 0 Å². The maximum absolute atomic E-state index is 6.59. The molecule has 8 aromatic rings. The number of para-hydroxylation sites is 3. The van der Waals surface area contributed by atoms with Crippen LogP contribution in [-0.4, -0.2) is 9.13 Å². The average Bonchev–Trinajstić information content (AvgIpc) is 3.62. The standard InChI is InChI=1S/C43H37N3O/c1-29-20-21-34(24-30(29)2)46-39-17-7-6-16-37(39)38-23-22-36(27-42(38)46)47-35-15-11-14-33(26-35)45-28-44(40-18-8-9-19-41(40)45)32-13-10-12-31(25-32)43(3,4)5/h6-27H,1-5H3. The lowest BCUT2D eigenvalue weighted by Gasteiger charge is -2.20. The van der Waals surface area contributed by atoms with Gasteiger partial charge in [0.2, 0.25) is 0 Å². The maximum atomic E-state index is 6.59. The maximum Gasteiger partial charge on any atom is 0.269 e. The number of rotatable bonds is 5. The molecule has 0 aliphatic carbocycles. The van der Waals surface area contributed by atoms with E-state index in [0.717, 1.165) is 45.1 Å². The molecule has 2 aromatic heterocycles. The molecule has 47 heavy (non-hydrogen) atoms. The molecule has 4 nitrogen and oxygen atoms in total. The summed E-state index contributed by atoms with van der Waals surface area (Å²) < 4.78 is 13.2. The lowest BCUT2D eigenvalue weighted by molar-refractivity contribution is -0.572. The summed E-state index contributed by atoms with van der Waals surface area (Å²) in [6.45, 7) is 11.1. The third-order valence-electron chi connectivity index (χ3n) is 9.24. The van der Waals surface area contributed by atoms with E-state index in [-0.39, 0.29) is 5.41 Å². The molecule has 6 aromatic carbocycles. The molecule has 4 heteroatoms. The zero-order chi connectivity index (χ0) is 32.3. The Morgan fingerprint density at radius 2 is 1.32 bits per heavy atom. The van der Waals surface area contributed by atoms with Gasteiger partial charge in [-0.3, -0.25) is 9.13 Å². The molecule has 2 heterocycles. The SMILES string of the molecule is Cc1ccc(-n2c3ccccc3c3ccc(Oc4cccc(-n5[c-][n+](-c6cccc(C(C)(C)C)c6)c6ccccc65)c4)cc32)cc1C. The molecule has 0 fully saturated rings. The molecule has 0 bridgehead atoms. The zero-order valence-electron chi connectivity index (χ0n) is 27.5. The number of hydrogen-bond acceptors (Lipinski definition) is 1. The van der Waals surface area contributed by atoms with Crippen LogP contribution < -0.4 is 9.30 Å². The fourth-order valence-corrected chi connectivity index (χ4v) is 6.53. The summed E-state index contributed by atoms with van der Waals surface area (Å²) in [5.41, 5.74) is 11.6. The van der Waals surface area contributed by atoms with E-state index in [1.165, 1.54) is 33.0 Å². The van der Waals surface area contributed by atoms with Crippen molar-refractivity contribution in [2.45, 2.75) is 40.0 Å². The van der Waals surface area contributed by atoms with Crippen molar-refractivity contribution in [2.24, 2.45) is 0 Å². The van der Waals surface area contributed by atoms with Gasteiger partial charge < -0.3 is 9.30 Å². The third-order valence-corrected chi connectivity index (χ3v) is 9.24. The first-order valence-corrected chi connectivity index (χ1v) is 16.2. The minimum absolute atomic E-state index is 0.0526. The van der Waals surface area contributed by atoms with E-state index in [4.69, 9.17) is 4.74 Å². The van der Waals surface area contributed by atoms with Crippen LogP contribution in [0.3, 0.4) is 0 Å². The Morgan fingerprint density at radius 3 is 2.15 bits per heavy atom. The van der Waals surface area contributed by atoms with Gasteiger partial charge in [-0.15, -0.1) is 0 Å². The van der Waals surface area contributed by atoms with Crippen molar-refractivity contribution in [3.05, 3.63) is 156 Å². The number of nitrogens with zero attached hydrogens (tertiary/aromatic N) is 3. The number of aromatic nitrogens is 3. The molecule has 0 saturated heterocycles. The lowest BCUT2D eigenvalue weighted by atomic mass is 9.87. The van der Waals surface area contributed by atoms with Gasteiger partial charge in [0.25, 0.3) is 6.33 Å². The first-order chi connectivity index (χ1) is 22.7. The number of ether oxygens (including phenoxy) is 1. The summed E-state index contributed by atoms with van der Waals surface area (Å²) >= 11 is 0. The Kier molecular flexibility index (Phi) is 6.76. The third kappa shape index (κ3) is 5.07. The molecular formula is C43H37N3O. The molecule has 0 atom stereocenters. The van der Waals surface area contributed by atoms with Gasteiger partial charge in [-0.25, -0.2) is 0 Å². The van der Waals surface area contributed by atoms with Gasteiger partial charge in [0.05, 0.1) is 33.4 Å². The van der Waals surface area contributed by atoms with Crippen molar-refractivity contribution in [1.29, 1.82) is 0 Å². The van der Waals surface area contributed by atoms with Gasteiger partial charge in [0, 0.05) is 22.5 Å². The Balaban J connectivity index is 1.20. The summed E-state index contributed by atoms with van der Waals surface area (Å²) in [6.07, 6.45) is 3.64. The highest BCUT2D eigenvalue weighted by Crippen LogP contribution is 2.36. The van der Waals surface area contributed by atoms with Gasteiger partial charge in [0.15, 0.2) is 0 Å². The fourth-order valence-electron chi connectivity index (χ4n) is 6.53. The predicted octanol–water partition coefficient (Wildman–Crippen LogP) is 10.5. The minimum atomic E-state index is 0.0526. The molecule has 0 spiro atoms. The fraction of sp³-hybridized carbons (Fsp3) is 0.140. The Bertz CT molecular complexity index is 2450. The van der Waals surface area contributed by atoms with E-state index in [1.807, 2.05) is 12.1 Å². The highest BCUT2D eigenvalue weighted by molar-refractivity contribution is 6.09. The van der Waals surface area contributed by atoms with Crippen molar-refractivity contribution in [3.8, 4) is 28.6 Å². The predicted molar refractivity (Wildman–Crippen MR) is 193 cm³/mol. The highest BCUT2D eigenvalue weighted by atomic mass is 16.5. The van der Waals surface area contributed by atoms with E-state index < -0.39 is 0 Å². The summed E-state index contributed by atoms with van der Waals surface area (Å²) in [4.78, 5) is 0. The summed E-state index contributed by atoms with van der Waals surface area (Å²) in [5.74, 6) is 1.56. The van der Waals surface area contributed by atoms with E-state index >= 15 is 0 Å². The van der Waals surface area contributed by atoms with Crippen LogP contribution in [0.1, 0.15) is 37.5 Å². The largest absolute Gasteiger partial charge is 0.458 e. The van der Waals surface area contributed by atoms with Crippen LogP contribution in [0, 0.1) is 20.2 Å². The van der Waals surface area contributed by atoms with Crippen LogP contribution in [0.25, 0.3) is 49.9 Å². The Morgan fingerprint density at radius 1 is 0.574 bits per heavy atom. The molecule has 0 unspecified atom stereocenters. The molecular weight excluding hydrogens is 574 g/mol. The molecule has 0 amide bonds. The number of fused-ring (bicyclic) bond motifs is 4. The summed E-state index contributed by atoms with van der Waals surface area (Å²) in [5, 5.41) is 2.43. The first-order valence-electron chi connectivity index (χ1n) is 16.2. The van der Waals surface area contributed by atoms with Crippen LogP contribution in [0.15, 0.2) is 133 Å². The van der Waals surface area contributed by atoms with E-state index in [0.29, 0.717) is 0 Å². The van der Waals surface area contributed by atoms with Crippen molar-refractivity contribution >= 4 is 32.8 Å². The van der Waals surface area contributed by atoms with Gasteiger partial charge in [-0.1, -0.05) is 87.5 Å². The second-order valence-corrected chi connectivity index (χ2v) is 13.5. The highest BCUT2D eigenvalue weighted by Gasteiger charge is 2.18. The normalized spacial score (nSPS) is 11.9. The van der Waals surface area contributed by atoms with E-state index in [1.54, 1.807) is 0 Å². The first kappa shape index (κ1) is 28.8. The number of hydrogen-bond donors (Lipinski definition) is 0. The second kappa shape index (κ2) is 11.0. The lowest BCUT2D eigenvalue weighted by Crippen LogP contribution is -2.30. The molecule has 0 N–H and O–H groups in total. The molecule has 0 saturated carbocycles. The quantitative estimate of drug-likeness (QED) is 0.140. The average molecular weight is 612 g/mol. The topological polar surface area (TPSA) is 23.0 Å². The molecule has 8 rings (SSSR count). The van der Waals surface area contributed by atoms with Crippen molar-refractivity contribution in [3.63, 3.8) is 0 Å². The number of imidazole rings is 1. The summed E-state index contributed by atoms with van der Waals surface area (Å²) in [6, 6.07) is 47.1. The molecule has 0 aliphatic rings. The number of aryl methyl sites for hydroxylation is 2. The monoisotopic (exact) mass is 611 g/mol. The van der Waals surface area contributed by atoms with Crippen molar-refractivity contribution < 1.29 is 9.30 Å². The molecule has 230 valence electrons. The van der Waals surface area contributed by atoms with Gasteiger partial charge in [-0.05, 0) is 96.6 Å². The van der Waals surface area contributed by atoms with Crippen molar-refractivity contribution in [1.82, 2.24) is 9.13 Å². The van der Waals surface area contributed by atoms with Crippen LogP contribution in [-0.2, 0) is 5.41 Å². The summed E-state index contributed by atoms with van der Waals surface area (Å²) in [7, 11) is 0.